The molecule has 0 amide bonds. The van der Waals surface area contributed by atoms with E-state index >= 15 is 0 Å². The van der Waals surface area contributed by atoms with Gasteiger partial charge in [0, 0.05) is 35.8 Å². The number of rotatable bonds is 7. The molecule has 0 spiro atoms. The van der Waals surface area contributed by atoms with Gasteiger partial charge in [0.1, 0.15) is 0 Å². The Balaban J connectivity index is 1.96. The number of sulfonamides is 1. The fraction of sp³-hybridized carbons (Fsp3) is 0.714. The van der Waals surface area contributed by atoms with Crippen LogP contribution in [0.4, 0.5) is 0 Å². The Morgan fingerprint density at radius 1 is 1.43 bits per heavy atom. The molecular weight excluding hydrogens is 306 g/mol. The van der Waals surface area contributed by atoms with Crippen LogP contribution in [-0.4, -0.2) is 37.0 Å². The summed E-state index contributed by atoms with van der Waals surface area (Å²) in [6, 6.07) is 2.15. The van der Waals surface area contributed by atoms with E-state index in [2.05, 4.69) is 35.1 Å². The summed E-state index contributed by atoms with van der Waals surface area (Å²) in [4.78, 5) is 3.36. The van der Waals surface area contributed by atoms with Gasteiger partial charge >= 0.3 is 0 Å². The summed E-state index contributed by atoms with van der Waals surface area (Å²) in [7, 11) is -3.41. The van der Waals surface area contributed by atoms with E-state index in [4.69, 9.17) is 0 Å². The van der Waals surface area contributed by atoms with Gasteiger partial charge in [0.15, 0.2) is 0 Å². The van der Waals surface area contributed by atoms with Crippen molar-refractivity contribution >= 4 is 21.8 Å². The molecule has 2 unspecified atom stereocenters. The molecule has 1 aromatic rings. The van der Waals surface area contributed by atoms with E-state index in [0.717, 1.165) is 25.0 Å². The zero-order chi connectivity index (χ0) is 15.5. The predicted octanol–water partition coefficient (Wildman–Crippen LogP) is 2.08. The molecule has 0 saturated heterocycles. The van der Waals surface area contributed by atoms with Crippen molar-refractivity contribution in [3.8, 4) is 0 Å². The molecule has 0 aliphatic heterocycles. The molecule has 21 heavy (non-hydrogen) atoms. The lowest BCUT2D eigenvalue weighted by molar-refractivity contribution is 0.552. The maximum atomic E-state index is 12.4. The van der Waals surface area contributed by atoms with Crippen LogP contribution >= 0.6 is 11.8 Å². The van der Waals surface area contributed by atoms with Crippen LogP contribution in [0.1, 0.15) is 38.8 Å². The van der Waals surface area contributed by atoms with Crippen molar-refractivity contribution in [1.29, 1.82) is 0 Å². The summed E-state index contributed by atoms with van der Waals surface area (Å²) >= 11 is 1.82. The Morgan fingerprint density at radius 3 is 2.81 bits per heavy atom. The normalized spacial score (nSPS) is 23.0. The maximum Gasteiger partial charge on any atom is 0.242 e. The van der Waals surface area contributed by atoms with Gasteiger partial charge in [-0.2, -0.15) is 11.8 Å². The van der Waals surface area contributed by atoms with Crippen molar-refractivity contribution < 1.29 is 8.42 Å². The van der Waals surface area contributed by atoms with Crippen LogP contribution in [0.15, 0.2) is 17.2 Å². The highest BCUT2D eigenvalue weighted by molar-refractivity contribution is 7.99. The van der Waals surface area contributed by atoms with Crippen molar-refractivity contribution in [2.24, 2.45) is 0 Å². The number of thioether (sulfide) groups is 1. The van der Waals surface area contributed by atoms with Gasteiger partial charge in [0.2, 0.25) is 10.0 Å². The number of aromatic amines is 1. The minimum absolute atomic E-state index is 0.0691. The largest absolute Gasteiger partial charge is 0.363 e. The maximum absolute atomic E-state index is 12.4. The van der Waals surface area contributed by atoms with Crippen LogP contribution in [-0.2, 0) is 16.6 Å². The van der Waals surface area contributed by atoms with Crippen LogP contribution in [0.25, 0.3) is 0 Å². The molecule has 2 atom stereocenters. The Morgan fingerprint density at radius 2 is 2.19 bits per heavy atom. The van der Waals surface area contributed by atoms with Crippen molar-refractivity contribution in [1.82, 2.24) is 15.0 Å². The number of H-pyrrole nitrogens is 1. The predicted molar refractivity (Wildman–Crippen MR) is 88.0 cm³/mol. The third kappa shape index (κ3) is 4.74. The molecule has 2 rings (SSSR count). The number of nitrogens with one attached hydrogen (secondary N) is 3. The van der Waals surface area contributed by atoms with Crippen LogP contribution in [0.2, 0.25) is 0 Å². The highest BCUT2D eigenvalue weighted by Crippen LogP contribution is 2.29. The minimum Gasteiger partial charge on any atom is -0.363 e. The van der Waals surface area contributed by atoms with E-state index in [0.29, 0.717) is 22.7 Å². The summed E-state index contributed by atoms with van der Waals surface area (Å²) in [5.74, 6) is 0. The average molecular weight is 332 g/mol. The second-order valence-corrected chi connectivity index (χ2v) is 8.74. The summed E-state index contributed by atoms with van der Waals surface area (Å²) in [5.41, 5.74) is 0.887. The fourth-order valence-corrected chi connectivity index (χ4v) is 4.64. The smallest absolute Gasteiger partial charge is 0.242 e. The first-order valence-corrected chi connectivity index (χ1v) is 10.1. The number of aromatic nitrogens is 1. The van der Waals surface area contributed by atoms with E-state index < -0.39 is 10.0 Å². The molecule has 3 N–H and O–H groups in total. The van der Waals surface area contributed by atoms with Crippen molar-refractivity contribution in [2.75, 3.05) is 6.26 Å². The van der Waals surface area contributed by atoms with Crippen molar-refractivity contribution in [2.45, 2.75) is 61.9 Å². The van der Waals surface area contributed by atoms with Crippen LogP contribution in [0, 0.1) is 0 Å². The summed E-state index contributed by atoms with van der Waals surface area (Å²) in [6.45, 7) is 4.76. The standard InChI is InChI=1S/C14H25N3O2S2/c1-10(2)15-8-12-7-14(9-16-12)21(18,19)17-11-4-5-13(6-11)20-3/h7,9-11,13,15-17H,4-6,8H2,1-3H3. The Hall–Kier alpha value is -0.500. The second kappa shape index (κ2) is 7.17. The molecule has 5 nitrogen and oxygen atoms in total. The van der Waals surface area contributed by atoms with Gasteiger partial charge in [-0.25, -0.2) is 13.1 Å². The van der Waals surface area contributed by atoms with E-state index in [1.54, 1.807) is 12.3 Å². The Kier molecular flexibility index (Phi) is 5.76. The first-order valence-electron chi connectivity index (χ1n) is 7.36. The lowest BCUT2D eigenvalue weighted by Gasteiger charge is -2.12. The molecule has 1 aromatic heterocycles. The molecule has 1 heterocycles. The summed E-state index contributed by atoms with van der Waals surface area (Å²) < 4.78 is 27.6. The third-order valence-electron chi connectivity index (χ3n) is 3.77. The number of hydrogen-bond acceptors (Lipinski definition) is 4. The van der Waals surface area contributed by atoms with Crippen LogP contribution in [0.5, 0.6) is 0 Å². The molecule has 1 fully saturated rings. The minimum atomic E-state index is -3.41. The van der Waals surface area contributed by atoms with Crippen molar-refractivity contribution in [3.63, 3.8) is 0 Å². The third-order valence-corrected chi connectivity index (χ3v) is 6.36. The van der Waals surface area contributed by atoms with Crippen LogP contribution in [0.3, 0.4) is 0 Å². The van der Waals surface area contributed by atoms with Gasteiger partial charge in [-0.15, -0.1) is 0 Å². The molecule has 7 heteroatoms. The highest BCUT2D eigenvalue weighted by Gasteiger charge is 2.28. The van der Waals surface area contributed by atoms with Crippen molar-refractivity contribution in [3.05, 3.63) is 18.0 Å². The molecule has 1 aliphatic carbocycles. The average Bonchev–Trinajstić information content (AvgIpc) is 3.04. The van der Waals surface area contributed by atoms with Gasteiger partial charge < -0.3 is 10.3 Å². The molecule has 120 valence electrons. The molecule has 0 bridgehead atoms. The second-order valence-electron chi connectivity index (χ2n) is 5.89. The van der Waals surface area contributed by atoms with Gasteiger partial charge in [0.05, 0.1) is 4.90 Å². The summed E-state index contributed by atoms with van der Waals surface area (Å²) in [5, 5.41) is 3.84. The summed E-state index contributed by atoms with van der Waals surface area (Å²) in [6.07, 6.45) is 6.59. The quantitative estimate of drug-likeness (QED) is 0.715. The van der Waals surface area contributed by atoms with E-state index in [9.17, 15) is 8.42 Å². The van der Waals surface area contributed by atoms with Gasteiger partial charge in [0.25, 0.3) is 0 Å². The first-order chi connectivity index (χ1) is 9.90. The van der Waals surface area contributed by atoms with Crippen LogP contribution < -0.4 is 10.0 Å². The van der Waals surface area contributed by atoms with Gasteiger partial charge in [-0.05, 0) is 31.6 Å². The Labute approximate surface area is 131 Å². The Bertz CT molecular complexity index is 554. The topological polar surface area (TPSA) is 74.0 Å². The fourth-order valence-electron chi connectivity index (χ4n) is 2.54. The SMILES string of the molecule is CSC1CCC(NS(=O)(=O)c2c[nH]c(CNC(C)C)c2)C1. The zero-order valence-electron chi connectivity index (χ0n) is 12.8. The van der Waals surface area contributed by atoms with Gasteiger partial charge in [-0.3, -0.25) is 0 Å². The number of hydrogen-bond donors (Lipinski definition) is 3. The monoisotopic (exact) mass is 331 g/mol. The highest BCUT2D eigenvalue weighted by atomic mass is 32.2. The van der Waals surface area contributed by atoms with E-state index in [1.165, 1.54) is 0 Å². The molecule has 0 aromatic carbocycles. The lowest BCUT2D eigenvalue weighted by atomic mass is 10.3. The van der Waals surface area contributed by atoms with E-state index in [1.807, 2.05) is 11.8 Å². The molecule has 1 saturated carbocycles. The zero-order valence-corrected chi connectivity index (χ0v) is 14.5. The molecule has 1 aliphatic rings. The molecule has 0 radical (unpaired) electrons. The first kappa shape index (κ1) is 16.9. The molecular formula is C14H25N3O2S2. The lowest BCUT2D eigenvalue weighted by Crippen LogP contribution is -2.33. The van der Waals surface area contributed by atoms with Gasteiger partial charge in [-0.1, -0.05) is 13.8 Å². The van der Waals surface area contributed by atoms with E-state index in [-0.39, 0.29) is 6.04 Å².